The molecule has 1 aliphatic rings. The Morgan fingerprint density at radius 3 is 2.78 bits per heavy atom. The highest BCUT2D eigenvalue weighted by molar-refractivity contribution is 5.98. The Labute approximate surface area is 134 Å². The van der Waals surface area contributed by atoms with E-state index >= 15 is 0 Å². The van der Waals surface area contributed by atoms with Gasteiger partial charge in [-0.15, -0.1) is 0 Å². The second-order valence-corrected chi connectivity index (χ2v) is 5.48. The Morgan fingerprint density at radius 2 is 2.13 bits per heavy atom. The molecule has 1 fully saturated rings. The fourth-order valence-electron chi connectivity index (χ4n) is 2.70. The zero-order valence-corrected chi connectivity index (χ0v) is 13.1. The number of nitrogens with zero attached hydrogens (tertiary/aromatic N) is 5. The van der Waals surface area contributed by atoms with E-state index in [9.17, 15) is 4.79 Å². The Bertz CT molecular complexity index is 678. The molecule has 2 N–H and O–H groups in total. The zero-order chi connectivity index (χ0) is 16.2. The predicted octanol–water partition coefficient (Wildman–Crippen LogP) is 0.448. The molecule has 0 aromatic carbocycles. The van der Waals surface area contributed by atoms with Gasteiger partial charge in [0.05, 0.1) is 17.8 Å². The highest BCUT2D eigenvalue weighted by atomic mass is 16.5. The Kier molecular flexibility index (Phi) is 4.52. The molecular weight excluding hydrogens is 296 g/mol. The van der Waals surface area contributed by atoms with Crippen molar-refractivity contribution in [3.05, 3.63) is 35.7 Å². The second-order valence-electron chi connectivity index (χ2n) is 5.48. The Morgan fingerprint density at radius 1 is 1.35 bits per heavy atom. The van der Waals surface area contributed by atoms with Crippen LogP contribution in [-0.2, 0) is 13.0 Å². The van der Waals surface area contributed by atoms with Crippen LogP contribution in [-0.4, -0.2) is 52.1 Å². The van der Waals surface area contributed by atoms with E-state index in [0.29, 0.717) is 18.0 Å². The summed E-state index contributed by atoms with van der Waals surface area (Å²) in [5, 5.41) is 3.98. The highest BCUT2D eigenvalue weighted by Crippen LogP contribution is 2.20. The van der Waals surface area contributed by atoms with Crippen molar-refractivity contribution in [2.24, 2.45) is 5.73 Å². The second kappa shape index (κ2) is 6.74. The molecular formula is C15H20N6O2. The number of rotatable bonds is 5. The number of hydrogen-bond acceptors (Lipinski definition) is 7. The summed E-state index contributed by atoms with van der Waals surface area (Å²) in [6.07, 6.45) is 3.95. The molecule has 3 rings (SSSR count). The number of nitrogens with two attached hydrogens (primary N) is 1. The average Bonchev–Trinajstić information content (AvgIpc) is 3.03. The lowest BCUT2D eigenvalue weighted by Gasteiger charge is -2.36. The molecule has 122 valence electrons. The standard InChI is InChI=1S/C15H20N6O2/c1-2-14-18-13(19-23-14)10-20-5-7-21(8-6-20)12-3-4-17-9-11(12)15(16)22/h3-4,9H,2,5-8,10H2,1H3,(H2,16,22). The lowest BCUT2D eigenvalue weighted by atomic mass is 10.2. The van der Waals surface area contributed by atoms with Crippen molar-refractivity contribution in [1.82, 2.24) is 20.0 Å². The van der Waals surface area contributed by atoms with Gasteiger partial charge in [-0.1, -0.05) is 12.1 Å². The summed E-state index contributed by atoms with van der Waals surface area (Å²) in [5.74, 6) is 0.938. The summed E-state index contributed by atoms with van der Waals surface area (Å²) >= 11 is 0. The average molecular weight is 316 g/mol. The van der Waals surface area contributed by atoms with Crippen molar-refractivity contribution in [1.29, 1.82) is 0 Å². The summed E-state index contributed by atoms with van der Waals surface area (Å²) in [5.41, 5.74) is 6.73. The lowest BCUT2D eigenvalue weighted by molar-refractivity contribution is 0.1000. The van der Waals surface area contributed by atoms with Crippen LogP contribution in [0.2, 0.25) is 0 Å². The van der Waals surface area contributed by atoms with Crippen molar-refractivity contribution < 1.29 is 9.32 Å². The topological polar surface area (TPSA) is 101 Å². The molecule has 8 heteroatoms. The maximum absolute atomic E-state index is 11.5. The first-order valence-electron chi connectivity index (χ1n) is 7.70. The molecule has 0 saturated carbocycles. The van der Waals surface area contributed by atoms with Gasteiger partial charge in [-0.05, 0) is 6.07 Å². The van der Waals surface area contributed by atoms with Crippen LogP contribution in [0, 0.1) is 0 Å². The number of piperazine rings is 1. The molecule has 23 heavy (non-hydrogen) atoms. The van der Waals surface area contributed by atoms with E-state index in [2.05, 4.69) is 24.9 Å². The molecule has 1 saturated heterocycles. The molecule has 0 atom stereocenters. The van der Waals surface area contributed by atoms with Gasteiger partial charge in [0.1, 0.15) is 0 Å². The molecule has 0 aliphatic carbocycles. The number of amides is 1. The number of pyridine rings is 1. The molecule has 0 spiro atoms. The minimum absolute atomic E-state index is 0.450. The summed E-state index contributed by atoms with van der Waals surface area (Å²) in [4.78, 5) is 24.3. The normalized spacial score (nSPS) is 15.8. The summed E-state index contributed by atoms with van der Waals surface area (Å²) in [6, 6.07) is 1.84. The molecule has 2 aromatic rings. The first-order chi connectivity index (χ1) is 11.2. The van der Waals surface area contributed by atoms with Crippen LogP contribution in [0.1, 0.15) is 29.0 Å². The van der Waals surface area contributed by atoms with E-state index in [1.54, 1.807) is 6.20 Å². The maximum atomic E-state index is 11.5. The Balaban J connectivity index is 1.61. The van der Waals surface area contributed by atoms with Crippen LogP contribution in [0.3, 0.4) is 0 Å². The van der Waals surface area contributed by atoms with Crippen molar-refractivity contribution >= 4 is 11.6 Å². The van der Waals surface area contributed by atoms with Gasteiger partial charge in [-0.25, -0.2) is 0 Å². The third-order valence-corrected chi connectivity index (χ3v) is 3.95. The smallest absolute Gasteiger partial charge is 0.252 e. The van der Waals surface area contributed by atoms with Gasteiger partial charge in [-0.2, -0.15) is 4.98 Å². The van der Waals surface area contributed by atoms with Crippen LogP contribution >= 0.6 is 0 Å². The molecule has 0 radical (unpaired) electrons. The number of carbonyl (C=O) groups is 1. The summed E-state index contributed by atoms with van der Waals surface area (Å²) < 4.78 is 5.13. The summed E-state index contributed by atoms with van der Waals surface area (Å²) in [7, 11) is 0. The number of aromatic nitrogens is 3. The van der Waals surface area contributed by atoms with Gasteiger partial charge in [0.15, 0.2) is 5.82 Å². The van der Waals surface area contributed by atoms with Gasteiger partial charge < -0.3 is 15.2 Å². The lowest BCUT2D eigenvalue weighted by Crippen LogP contribution is -2.46. The van der Waals surface area contributed by atoms with Crippen LogP contribution in [0.15, 0.2) is 23.0 Å². The molecule has 1 aliphatic heterocycles. The van der Waals surface area contributed by atoms with Crippen molar-refractivity contribution in [3.63, 3.8) is 0 Å². The van der Waals surface area contributed by atoms with Crippen molar-refractivity contribution in [2.45, 2.75) is 19.9 Å². The molecule has 1 amide bonds. The van der Waals surface area contributed by atoms with E-state index in [0.717, 1.165) is 44.1 Å². The van der Waals surface area contributed by atoms with Gasteiger partial charge in [0.25, 0.3) is 5.91 Å². The number of primary amides is 1. The van der Waals surface area contributed by atoms with Crippen molar-refractivity contribution in [2.75, 3.05) is 31.1 Å². The number of aryl methyl sites for hydroxylation is 1. The maximum Gasteiger partial charge on any atom is 0.252 e. The third-order valence-electron chi connectivity index (χ3n) is 3.95. The predicted molar refractivity (Wildman–Crippen MR) is 83.9 cm³/mol. The van der Waals surface area contributed by atoms with Crippen LogP contribution in [0.5, 0.6) is 0 Å². The molecule has 3 heterocycles. The van der Waals surface area contributed by atoms with E-state index in [1.807, 2.05) is 13.0 Å². The Hall–Kier alpha value is -2.48. The van der Waals surface area contributed by atoms with E-state index in [-0.39, 0.29) is 0 Å². The molecule has 8 nitrogen and oxygen atoms in total. The minimum Gasteiger partial charge on any atom is -0.368 e. The van der Waals surface area contributed by atoms with Crippen molar-refractivity contribution in [3.8, 4) is 0 Å². The van der Waals surface area contributed by atoms with Crippen LogP contribution < -0.4 is 10.6 Å². The minimum atomic E-state index is -0.450. The monoisotopic (exact) mass is 316 g/mol. The van der Waals surface area contributed by atoms with Gasteiger partial charge in [0, 0.05) is 45.0 Å². The largest absolute Gasteiger partial charge is 0.368 e. The molecule has 0 bridgehead atoms. The first-order valence-corrected chi connectivity index (χ1v) is 7.70. The summed E-state index contributed by atoms with van der Waals surface area (Å²) in [6.45, 7) is 6.00. The fourth-order valence-corrected chi connectivity index (χ4v) is 2.70. The van der Waals surface area contributed by atoms with E-state index in [1.165, 1.54) is 6.20 Å². The SMILES string of the molecule is CCc1nc(CN2CCN(c3ccncc3C(N)=O)CC2)no1. The quantitative estimate of drug-likeness (QED) is 0.854. The van der Waals surface area contributed by atoms with Gasteiger partial charge in [-0.3, -0.25) is 14.7 Å². The third kappa shape index (κ3) is 3.48. The van der Waals surface area contributed by atoms with Crippen LogP contribution in [0.25, 0.3) is 0 Å². The number of anilines is 1. The first kappa shape index (κ1) is 15.4. The highest BCUT2D eigenvalue weighted by Gasteiger charge is 2.22. The fraction of sp³-hybridized carbons (Fsp3) is 0.467. The number of hydrogen-bond donors (Lipinski definition) is 1. The van der Waals surface area contributed by atoms with E-state index in [4.69, 9.17) is 10.3 Å². The van der Waals surface area contributed by atoms with Gasteiger partial charge >= 0.3 is 0 Å². The molecule has 0 unspecified atom stereocenters. The van der Waals surface area contributed by atoms with E-state index < -0.39 is 5.91 Å². The zero-order valence-electron chi connectivity index (χ0n) is 13.1. The molecule has 2 aromatic heterocycles. The number of carbonyl (C=O) groups excluding carboxylic acids is 1. The van der Waals surface area contributed by atoms with Gasteiger partial charge in [0.2, 0.25) is 5.89 Å². The van der Waals surface area contributed by atoms with Crippen LogP contribution in [0.4, 0.5) is 5.69 Å².